The Morgan fingerprint density at radius 2 is 2.21 bits per heavy atom. The molecule has 1 aromatic rings. The summed E-state index contributed by atoms with van der Waals surface area (Å²) < 4.78 is 30.4. The third kappa shape index (κ3) is 3.26. The minimum Gasteiger partial charge on any atom is -0.398 e. The van der Waals surface area contributed by atoms with Crippen molar-refractivity contribution in [2.24, 2.45) is 0 Å². The van der Waals surface area contributed by atoms with E-state index in [0.29, 0.717) is 29.3 Å². The fraction of sp³-hybridized carbons (Fsp3) is 0.538. The standard InChI is InChI=1S/C13H20N2O3S/c1-10-12(14)4-3-5-13(10)19(16,17)9-11-8-15(2)6-7-18-11/h3-5,11H,6-9,14H2,1-2H3. The molecule has 0 saturated carbocycles. The molecule has 1 aliphatic heterocycles. The Hall–Kier alpha value is -1.11. The van der Waals surface area contributed by atoms with Gasteiger partial charge in [-0.05, 0) is 31.7 Å². The second-order valence-electron chi connectivity index (χ2n) is 5.01. The molecule has 6 heteroatoms. The zero-order chi connectivity index (χ0) is 14.0. The summed E-state index contributed by atoms with van der Waals surface area (Å²) in [6.45, 7) is 3.79. The number of ether oxygens (including phenoxy) is 1. The molecule has 1 saturated heterocycles. The second-order valence-corrected chi connectivity index (χ2v) is 7.01. The lowest BCUT2D eigenvalue weighted by Crippen LogP contribution is -2.43. The highest BCUT2D eigenvalue weighted by Gasteiger charge is 2.26. The first-order chi connectivity index (χ1) is 8.90. The number of morpholine rings is 1. The van der Waals surface area contributed by atoms with Crippen molar-refractivity contribution in [3.8, 4) is 0 Å². The molecule has 0 spiro atoms. The quantitative estimate of drug-likeness (QED) is 0.826. The summed E-state index contributed by atoms with van der Waals surface area (Å²) in [5.74, 6) is 0.00162. The normalized spacial score (nSPS) is 21.5. The average molecular weight is 284 g/mol. The Kier molecular flexibility index (Phi) is 4.13. The molecule has 1 aromatic carbocycles. The molecule has 19 heavy (non-hydrogen) atoms. The molecule has 1 fully saturated rings. The number of hydrogen-bond acceptors (Lipinski definition) is 5. The van der Waals surface area contributed by atoms with E-state index in [9.17, 15) is 8.42 Å². The van der Waals surface area contributed by atoms with Gasteiger partial charge in [-0.2, -0.15) is 0 Å². The van der Waals surface area contributed by atoms with Gasteiger partial charge in [0, 0.05) is 18.8 Å². The Morgan fingerprint density at radius 3 is 2.89 bits per heavy atom. The van der Waals surface area contributed by atoms with Gasteiger partial charge in [-0.25, -0.2) is 8.42 Å². The smallest absolute Gasteiger partial charge is 0.181 e. The highest BCUT2D eigenvalue weighted by Crippen LogP contribution is 2.23. The van der Waals surface area contributed by atoms with Crippen molar-refractivity contribution in [1.29, 1.82) is 0 Å². The largest absolute Gasteiger partial charge is 0.398 e. The van der Waals surface area contributed by atoms with Gasteiger partial charge in [0.05, 0.1) is 23.4 Å². The van der Waals surface area contributed by atoms with Crippen molar-refractivity contribution in [3.05, 3.63) is 23.8 Å². The van der Waals surface area contributed by atoms with Gasteiger partial charge in [0.1, 0.15) is 0 Å². The first-order valence-electron chi connectivity index (χ1n) is 6.28. The van der Waals surface area contributed by atoms with E-state index in [-0.39, 0.29) is 11.9 Å². The van der Waals surface area contributed by atoms with E-state index in [0.717, 1.165) is 6.54 Å². The number of benzene rings is 1. The highest BCUT2D eigenvalue weighted by atomic mass is 32.2. The molecule has 1 atom stereocenters. The van der Waals surface area contributed by atoms with Crippen LogP contribution in [-0.4, -0.2) is 51.9 Å². The first-order valence-corrected chi connectivity index (χ1v) is 7.93. The van der Waals surface area contributed by atoms with Gasteiger partial charge in [-0.15, -0.1) is 0 Å². The minimum atomic E-state index is -3.37. The monoisotopic (exact) mass is 284 g/mol. The average Bonchev–Trinajstić information content (AvgIpc) is 2.32. The fourth-order valence-electron chi connectivity index (χ4n) is 2.27. The van der Waals surface area contributed by atoms with Crippen molar-refractivity contribution in [2.75, 3.05) is 38.2 Å². The van der Waals surface area contributed by atoms with Crippen LogP contribution in [0.15, 0.2) is 23.1 Å². The van der Waals surface area contributed by atoms with Crippen molar-refractivity contribution < 1.29 is 13.2 Å². The molecule has 1 unspecified atom stereocenters. The number of nitrogen functional groups attached to an aromatic ring is 1. The predicted octanol–water partition coefficient (Wildman–Crippen LogP) is 0.682. The van der Waals surface area contributed by atoms with Crippen molar-refractivity contribution in [2.45, 2.75) is 17.9 Å². The van der Waals surface area contributed by atoms with E-state index in [1.165, 1.54) is 0 Å². The summed E-state index contributed by atoms with van der Waals surface area (Å²) in [7, 11) is -1.40. The Morgan fingerprint density at radius 1 is 1.47 bits per heavy atom. The van der Waals surface area contributed by atoms with Crippen LogP contribution in [0.5, 0.6) is 0 Å². The lowest BCUT2D eigenvalue weighted by Gasteiger charge is -2.29. The maximum atomic E-state index is 12.4. The third-order valence-electron chi connectivity index (χ3n) is 3.41. The second kappa shape index (κ2) is 5.48. The summed E-state index contributed by atoms with van der Waals surface area (Å²) in [4.78, 5) is 2.39. The molecule has 0 amide bonds. The number of sulfone groups is 1. The molecule has 1 heterocycles. The van der Waals surface area contributed by atoms with E-state index in [2.05, 4.69) is 4.90 Å². The van der Waals surface area contributed by atoms with Gasteiger partial charge >= 0.3 is 0 Å². The van der Waals surface area contributed by atoms with Crippen LogP contribution in [0.4, 0.5) is 5.69 Å². The Bertz CT molecular complexity index is 557. The number of hydrogen-bond donors (Lipinski definition) is 1. The summed E-state index contributed by atoms with van der Waals surface area (Å²) in [6, 6.07) is 4.98. The van der Waals surface area contributed by atoms with Crippen LogP contribution in [-0.2, 0) is 14.6 Å². The molecular formula is C13H20N2O3S. The van der Waals surface area contributed by atoms with Crippen molar-refractivity contribution >= 4 is 15.5 Å². The number of likely N-dealkylation sites (N-methyl/N-ethyl adjacent to an activating group) is 1. The van der Waals surface area contributed by atoms with E-state index in [1.807, 2.05) is 7.05 Å². The molecule has 2 rings (SSSR count). The third-order valence-corrected chi connectivity index (χ3v) is 5.33. The molecule has 2 N–H and O–H groups in total. The molecule has 5 nitrogen and oxygen atoms in total. The van der Waals surface area contributed by atoms with Gasteiger partial charge in [0.25, 0.3) is 0 Å². The predicted molar refractivity (Wildman–Crippen MR) is 74.9 cm³/mol. The Balaban J connectivity index is 2.20. The van der Waals surface area contributed by atoms with Crippen LogP contribution in [0.25, 0.3) is 0 Å². The molecule has 0 aliphatic carbocycles. The molecular weight excluding hydrogens is 264 g/mol. The maximum absolute atomic E-state index is 12.4. The topological polar surface area (TPSA) is 72.6 Å². The van der Waals surface area contributed by atoms with Crippen LogP contribution in [0, 0.1) is 6.92 Å². The first kappa shape index (κ1) is 14.3. The lowest BCUT2D eigenvalue weighted by atomic mass is 10.2. The van der Waals surface area contributed by atoms with Crippen LogP contribution >= 0.6 is 0 Å². The lowest BCUT2D eigenvalue weighted by molar-refractivity contribution is -0.00680. The van der Waals surface area contributed by atoms with Gasteiger partial charge < -0.3 is 15.4 Å². The van der Waals surface area contributed by atoms with Gasteiger partial charge in [-0.1, -0.05) is 6.07 Å². The van der Waals surface area contributed by atoms with Crippen LogP contribution < -0.4 is 5.73 Å². The van der Waals surface area contributed by atoms with Crippen LogP contribution in [0.3, 0.4) is 0 Å². The van der Waals surface area contributed by atoms with E-state index in [1.54, 1.807) is 25.1 Å². The summed E-state index contributed by atoms with van der Waals surface area (Å²) >= 11 is 0. The Labute approximate surface area is 114 Å². The highest BCUT2D eigenvalue weighted by molar-refractivity contribution is 7.91. The summed E-state index contributed by atoms with van der Waals surface area (Å²) in [5, 5.41) is 0. The number of nitrogens with zero attached hydrogens (tertiary/aromatic N) is 1. The number of nitrogens with two attached hydrogens (primary N) is 1. The minimum absolute atomic E-state index is 0.00162. The SMILES string of the molecule is Cc1c(N)cccc1S(=O)(=O)CC1CN(C)CCO1. The molecule has 0 aromatic heterocycles. The molecule has 1 aliphatic rings. The van der Waals surface area contributed by atoms with Crippen molar-refractivity contribution in [3.63, 3.8) is 0 Å². The van der Waals surface area contributed by atoms with E-state index >= 15 is 0 Å². The van der Waals surface area contributed by atoms with Crippen molar-refractivity contribution in [1.82, 2.24) is 4.90 Å². The van der Waals surface area contributed by atoms with Crippen LogP contribution in [0.2, 0.25) is 0 Å². The van der Waals surface area contributed by atoms with E-state index < -0.39 is 9.84 Å². The zero-order valence-electron chi connectivity index (χ0n) is 11.3. The molecule has 106 valence electrons. The van der Waals surface area contributed by atoms with Gasteiger partial charge in [-0.3, -0.25) is 0 Å². The fourth-order valence-corrected chi connectivity index (χ4v) is 4.01. The maximum Gasteiger partial charge on any atom is 0.181 e. The molecule has 0 radical (unpaired) electrons. The number of rotatable bonds is 3. The van der Waals surface area contributed by atoms with E-state index in [4.69, 9.17) is 10.5 Å². The molecule has 0 bridgehead atoms. The van der Waals surface area contributed by atoms with Gasteiger partial charge in [0.15, 0.2) is 9.84 Å². The summed E-state index contributed by atoms with van der Waals surface area (Å²) in [5.41, 5.74) is 6.89. The van der Waals surface area contributed by atoms with Crippen LogP contribution in [0.1, 0.15) is 5.56 Å². The zero-order valence-corrected chi connectivity index (χ0v) is 12.1. The number of anilines is 1. The van der Waals surface area contributed by atoms with Gasteiger partial charge in [0.2, 0.25) is 0 Å². The summed E-state index contributed by atoms with van der Waals surface area (Å²) in [6.07, 6.45) is -0.274.